The average Bonchev–Trinajstić information content (AvgIpc) is 3.29. The van der Waals surface area contributed by atoms with Gasteiger partial charge in [0.15, 0.2) is 5.65 Å². The number of nitrogen functional groups attached to an aromatic ring is 1. The zero-order valence-electron chi connectivity index (χ0n) is 16.6. The first-order valence-corrected chi connectivity index (χ1v) is 9.36. The van der Waals surface area contributed by atoms with E-state index in [-0.39, 0.29) is 48.6 Å². The van der Waals surface area contributed by atoms with Crippen LogP contribution in [-0.4, -0.2) is 69.2 Å². The van der Waals surface area contributed by atoms with Crippen molar-refractivity contribution in [1.29, 1.82) is 0 Å². The Balaban J connectivity index is 1.99. The summed E-state index contributed by atoms with van der Waals surface area (Å²) >= 11 is 0. The molecule has 0 aliphatic carbocycles. The molecular formula is C19H20F3N5O5. The molecule has 2 aromatic heterocycles. The van der Waals surface area contributed by atoms with E-state index in [2.05, 4.69) is 28.4 Å². The number of H-pyrrole nitrogens is 1. The van der Waals surface area contributed by atoms with Crippen molar-refractivity contribution in [2.75, 3.05) is 25.5 Å². The molecule has 1 fully saturated rings. The zero-order chi connectivity index (χ0) is 23.5. The summed E-state index contributed by atoms with van der Waals surface area (Å²) in [6, 6.07) is 0. The van der Waals surface area contributed by atoms with Gasteiger partial charge in [-0.05, 0) is 0 Å². The van der Waals surface area contributed by atoms with Crippen molar-refractivity contribution in [2.45, 2.75) is 31.2 Å². The molecule has 0 aromatic carbocycles. The van der Waals surface area contributed by atoms with E-state index in [1.54, 1.807) is 6.08 Å². The van der Waals surface area contributed by atoms with Gasteiger partial charge in [0, 0.05) is 12.6 Å². The fourth-order valence-electron chi connectivity index (χ4n) is 3.30. The fourth-order valence-corrected chi connectivity index (χ4v) is 3.30. The van der Waals surface area contributed by atoms with E-state index >= 15 is 0 Å². The lowest BCUT2D eigenvalue weighted by Crippen LogP contribution is -2.36. The molecular weight excluding hydrogens is 435 g/mol. The Morgan fingerprint density at radius 2 is 2.28 bits per heavy atom. The maximum Gasteiger partial charge on any atom is 0.487 e. The van der Waals surface area contributed by atoms with E-state index in [1.165, 1.54) is 10.8 Å². The number of hydrogen-bond acceptors (Lipinski definition) is 7. The highest BCUT2D eigenvalue weighted by atomic mass is 19.4. The van der Waals surface area contributed by atoms with Gasteiger partial charge in [-0.3, -0.25) is 14.6 Å². The number of aliphatic hydroxyl groups excluding tert-OH is 1. The Morgan fingerprint density at radius 1 is 1.53 bits per heavy atom. The molecule has 3 heterocycles. The largest absolute Gasteiger partial charge is 0.487 e. The Bertz CT molecular complexity index is 1120. The number of amides is 1. The summed E-state index contributed by atoms with van der Waals surface area (Å²) in [5.41, 5.74) is 5.18. The van der Waals surface area contributed by atoms with Crippen LogP contribution in [0.25, 0.3) is 11.0 Å². The van der Waals surface area contributed by atoms with Gasteiger partial charge >= 0.3 is 6.30 Å². The third-order valence-electron chi connectivity index (χ3n) is 4.72. The normalized spacial score (nSPS) is 20.7. The number of carbonyl (C=O) groups is 1. The number of aliphatic hydroxyl groups is 1. The highest BCUT2D eigenvalue weighted by Gasteiger charge is 2.38. The molecule has 0 bridgehead atoms. The van der Waals surface area contributed by atoms with Gasteiger partial charge in [-0.2, -0.15) is 4.98 Å². The molecule has 3 atom stereocenters. The quantitative estimate of drug-likeness (QED) is 0.239. The van der Waals surface area contributed by atoms with Gasteiger partial charge in [0.05, 0.1) is 36.8 Å². The topological polar surface area (TPSA) is 136 Å². The lowest BCUT2D eigenvalue weighted by Gasteiger charge is -2.16. The Labute approximate surface area is 179 Å². The number of nitrogens with two attached hydrogens (primary N) is 1. The lowest BCUT2D eigenvalue weighted by molar-refractivity contribution is -0.230. The van der Waals surface area contributed by atoms with E-state index in [9.17, 15) is 27.9 Å². The van der Waals surface area contributed by atoms with Gasteiger partial charge in [0.2, 0.25) is 12.4 Å². The first kappa shape index (κ1) is 23.3. The number of aromatic nitrogens is 3. The van der Waals surface area contributed by atoms with Gasteiger partial charge in [0.25, 0.3) is 5.56 Å². The van der Waals surface area contributed by atoms with Crippen molar-refractivity contribution in [3.63, 3.8) is 0 Å². The van der Waals surface area contributed by atoms with Gasteiger partial charge < -0.3 is 24.9 Å². The van der Waals surface area contributed by atoms with Gasteiger partial charge in [-0.15, -0.1) is 19.8 Å². The number of halogens is 3. The third-order valence-corrected chi connectivity index (χ3v) is 4.72. The van der Waals surface area contributed by atoms with E-state index in [1.807, 2.05) is 0 Å². The summed E-state index contributed by atoms with van der Waals surface area (Å²) in [4.78, 5) is 29.1. The fraction of sp³-hybridized carbons (Fsp3) is 0.421. The van der Waals surface area contributed by atoms with Crippen LogP contribution in [0, 0.1) is 11.8 Å². The van der Waals surface area contributed by atoms with Gasteiger partial charge in [0.1, 0.15) is 12.3 Å². The minimum Gasteiger partial charge on any atom is -0.394 e. The van der Waals surface area contributed by atoms with Crippen LogP contribution in [0.3, 0.4) is 0 Å². The number of aromatic amines is 1. The number of nitrogens with one attached hydrogen (secondary N) is 1. The molecule has 0 saturated carbocycles. The monoisotopic (exact) mass is 455 g/mol. The van der Waals surface area contributed by atoms with Gasteiger partial charge in [-0.1, -0.05) is 17.9 Å². The molecule has 1 saturated heterocycles. The highest BCUT2D eigenvalue weighted by molar-refractivity contribution is 5.83. The standard InChI is InChI=1S/C19H20F3N5O5/c1-2-6-31-12-7-14(32-13(12)9-28)27-8-11(4-3-5-26(10-29)19(20,21)22)15-16(27)24-18(23)25-17(15)30/h2,8,10,12-14,28H,1,5-7,9H2,(H3,23,24,25,30). The first-order valence-electron chi connectivity index (χ1n) is 9.36. The SMILES string of the molecule is C=CCOC1CC(n2cc(C#CCN(C=O)C(F)(F)F)c3c(=O)[nH]c(N)nc32)OC1CO. The molecule has 2 aromatic rings. The molecule has 10 nitrogen and oxygen atoms in total. The van der Waals surface area contributed by atoms with Crippen LogP contribution < -0.4 is 11.3 Å². The summed E-state index contributed by atoms with van der Waals surface area (Å²) in [7, 11) is 0. The molecule has 3 rings (SSSR count). The summed E-state index contributed by atoms with van der Waals surface area (Å²) in [5.74, 6) is 4.54. The predicted molar refractivity (Wildman–Crippen MR) is 106 cm³/mol. The van der Waals surface area contributed by atoms with Crippen molar-refractivity contribution in [3.8, 4) is 11.8 Å². The number of alkyl halides is 3. The van der Waals surface area contributed by atoms with Crippen LogP contribution in [0.15, 0.2) is 23.6 Å². The minimum atomic E-state index is -4.88. The lowest BCUT2D eigenvalue weighted by atomic mass is 10.2. The molecule has 13 heteroatoms. The molecule has 4 N–H and O–H groups in total. The van der Waals surface area contributed by atoms with Crippen molar-refractivity contribution in [1.82, 2.24) is 19.4 Å². The van der Waals surface area contributed by atoms with Crippen molar-refractivity contribution in [2.24, 2.45) is 0 Å². The second-order valence-electron chi connectivity index (χ2n) is 6.81. The third kappa shape index (κ3) is 4.77. The Kier molecular flexibility index (Phi) is 6.87. The maximum absolute atomic E-state index is 12.7. The smallest absolute Gasteiger partial charge is 0.394 e. The number of hydrogen-bond donors (Lipinski definition) is 3. The predicted octanol–water partition coefficient (Wildman–Crippen LogP) is 0.487. The van der Waals surface area contributed by atoms with Crippen LogP contribution in [0.4, 0.5) is 19.1 Å². The van der Waals surface area contributed by atoms with Crippen LogP contribution in [0.1, 0.15) is 18.2 Å². The average molecular weight is 455 g/mol. The Hall–Kier alpha value is -3.34. The number of carbonyl (C=O) groups excluding carboxylic acids is 1. The number of nitrogens with zero attached hydrogens (tertiary/aromatic N) is 3. The number of anilines is 1. The first-order chi connectivity index (χ1) is 15.2. The summed E-state index contributed by atoms with van der Waals surface area (Å²) in [6.45, 7) is 2.56. The minimum absolute atomic E-state index is 0.00373. The number of fused-ring (bicyclic) bond motifs is 1. The molecule has 1 amide bonds. The molecule has 32 heavy (non-hydrogen) atoms. The highest BCUT2D eigenvalue weighted by Crippen LogP contribution is 2.33. The zero-order valence-corrected chi connectivity index (χ0v) is 16.6. The van der Waals surface area contributed by atoms with E-state index < -0.39 is 41.7 Å². The van der Waals surface area contributed by atoms with E-state index in [4.69, 9.17) is 15.2 Å². The van der Waals surface area contributed by atoms with Gasteiger partial charge in [-0.25, -0.2) is 4.90 Å². The summed E-state index contributed by atoms with van der Waals surface area (Å²) in [5, 5.41) is 9.58. The van der Waals surface area contributed by atoms with Crippen LogP contribution >= 0.6 is 0 Å². The Morgan fingerprint density at radius 3 is 2.91 bits per heavy atom. The maximum atomic E-state index is 12.7. The van der Waals surface area contributed by atoms with E-state index in [0.29, 0.717) is 0 Å². The van der Waals surface area contributed by atoms with Crippen LogP contribution in [0.2, 0.25) is 0 Å². The number of ether oxygens (including phenoxy) is 2. The summed E-state index contributed by atoms with van der Waals surface area (Å²) in [6.07, 6.45) is -3.86. The van der Waals surface area contributed by atoms with Crippen molar-refractivity contribution < 1.29 is 32.5 Å². The summed E-state index contributed by atoms with van der Waals surface area (Å²) < 4.78 is 51.0. The van der Waals surface area contributed by atoms with Crippen LogP contribution in [0.5, 0.6) is 0 Å². The molecule has 1 aliphatic rings. The molecule has 172 valence electrons. The second kappa shape index (κ2) is 9.43. The molecule has 0 spiro atoms. The molecule has 3 unspecified atom stereocenters. The molecule has 1 aliphatic heterocycles. The molecule has 0 radical (unpaired) electrons. The second-order valence-corrected chi connectivity index (χ2v) is 6.81. The van der Waals surface area contributed by atoms with Crippen LogP contribution in [-0.2, 0) is 14.3 Å². The van der Waals surface area contributed by atoms with Crippen molar-refractivity contribution in [3.05, 3.63) is 34.8 Å². The number of rotatable bonds is 7. The van der Waals surface area contributed by atoms with E-state index in [0.717, 1.165) is 0 Å². The van der Waals surface area contributed by atoms with Crippen molar-refractivity contribution >= 4 is 23.4 Å².